The molecule has 0 bridgehead atoms. The summed E-state index contributed by atoms with van der Waals surface area (Å²) in [5.74, 6) is -0.422. The molecule has 2 amide bonds. The van der Waals surface area contributed by atoms with Crippen LogP contribution in [0.15, 0.2) is 54.9 Å². The highest BCUT2D eigenvalue weighted by Crippen LogP contribution is 2.21. The lowest BCUT2D eigenvalue weighted by atomic mass is 10.1. The Morgan fingerprint density at radius 3 is 2.78 bits per heavy atom. The summed E-state index contributed by atoms with van der Waals surface area (Å²) in [6.45, 7) is 0.746. The number of likely N-dealkylation sites (tertiary alicyclic amines) is 1. The average Bonchev–Trinajstić information content (AvgIpc) is 3.50. The van der Waals surface area contributed by atoms with Gasteiger partial charge in [0.25, 0.3) is 0 Å². The molecule has 1 fully saturated rings. The van der Waals surface area contributed by atoms with Crippen LogP contribution in [-0.2, 0) is 22.6 Å². The Balaban J connectivity index is 1.41. The van der Waals surface area contributed by atoms with E-state index in [1.807, 2.05) is 30.3 Å². The minimum Gasteiger partial charge on any atom is -0.350 e. The molecule has 9 nitrogen and oxygen atoms in total. The van der Waals surface area contributed by atoms with E-state index in [0.717, 1.165) is 17.5 Å². The monoisotopic (exact) mass is 453 g/mol. The lowest BCUT2D eigenvalue weighted by molar-refractivity contribution is -0.139. The SMILES string of the molecule is N[C@H](Cc1ccccc1)C(=O)N1CCC[C@H]1C(=O)NCc1cc(Cl)ccc1-n1cnnn1. The van der Waals surface area contributed by atoms with Crippen LogP contribution in [0.25, 0.3) is 5.69 Å². The molecule has 0 saturated carbocycles. The van der Waals surface area contributed by atoms with Crippen molar-refractivity contribution in [2.75, 3.05) is 6.54 Å². The van der Waals surface area contributed by atoms with Gasteiger partial charge in [-0.25, -0.2) is 4.68 Å². The second-order valence-electron chi connectivity index (χ2n) is 7.73. The number of tetrazole rings is 1. The number of benzene rings is 2. The van der Waals surface area contributed by atoms with Crippen molar-refractivity contribution >= 4 is 23.4 Å². The molecule has 1 saturated heterocycles. The molecule has 3 N–H and O–H groups in total. The van der Waals surface area contributed by atoms with Crippen LogP contribution in [0, 0.1) is 0 Å². The van der Waals surface area contributed by atoms with Crippen molar-refractivity contribution in [3.8, 4) is 5.69 Å². The summed E-state index contributed by atoms with van der Waals surface area (Å²) in [7, 11) is 0. The zero-order valence-corrected chi connectivity index (χ0v) is 18.2. The quantitative estimate of drug-likeness (QED) is 0.559. The number of rotatable bonds is 7. The molecule has 2 heterocycles. The molecule has 2 aromatic carbocycles. The molecule has 0 radical (unpaired) electrons. The van der Waals surface area contributed by atoms with Crippen molar-refractivity contribution < 1.29 is 9.59 Å². The van der Waals surface area contributed by atoms with E-state index in [0.29, 0.717) is 30.1 Å². The number of halogens is 1. The highest BCUT2D eigenvalue weighted by molar-refractivity contribution is 6.30. The van der Waals surface area contributed by atoms with Gasteiger partial charge in [-0.15, -0.1) is 5.10 Å². The number of hydrogen-bond acceptors (Lipinski definition) is 6. The fourth-order valence-electron chi connectivity index (χ4n) is 3.96. The van der Waals surface area contributed by atoms with E-state index in [9.17, 15) is 9.59 Å². The molecule has 1 aliphatic heterocycles. The Hall–Kier alpha value is -3.30. The van der Waals surface area contributed by atoms with E-state index in [1.54, 1.807) is 23.1 Å². The first-order chi connectivity index (χ1) is 15.5. The van der Waals surface area contributed by atoms with Crippen LogP contribution < -0.4 is 11.1 Å². The Morgan fingerprint density at radius 2 is 2.03 bits per heavy atom. The summed E-state index contributed by atoms with van der Waals surface area (Å²) >= 11 is 6.15. The Labute approximate surface area is 190 Å². The maximum absolute atomic E-state index is 13.0. The first kappa shape index (κ1) is 21.9. The molecule has 2 atom stereocenters. The van der Waals surface area contributed by atoms with Crippen molar-refractivity contribution in [2.24, 2.45) is 5.73 Å². The summed E-state index contributed by atoms with van der Waals surface area (Å²) < 4.78 is 1.51. The van der Waals surface area contributed by atoms with Crippen LogP contribution in [0.4, 0.5) is 0 Å². The van der Waals surface area contributed by atoms with Crippen molar-refractivity contribution in [1.82, 2.24) is 30.4 Å². The van der Waals surface area contributed by atoms with Gasteiger partial charge >= 0.3 is 0 Å². The number of nitrogens with one attached hydrogen (secondary N) is 1. The van der Waals surface area contributed by atoms with E-state index >= 15 is 0 Å². The second-order valence-corrected chi connectivity index (χ2v) is 8.17. The Bertz CT molecular complexity index is 1080. The molecule has 0 unspecified atom stereocenters. The summed E-state index contributed by atoms with van der Waals surface area (Å²) in [6.07, 6.45) is 3.27. The number of amides is 2. The standard InChI is InChI=1S/C22H24ClN7O2/c23-17-8-9-19(30-14-26-27-28-30)16(12-17)13-25-21(31)20-7-4-10-29(20)22(32)18(24)11-15-5-2-1-3-6-15/h1-3,5-6,8-9,12,14,18,20H,4,7,10-11,13,24H2,(H,25,31)/t18-,20+/m1/s1. The zero-order chi connectivity index (χ0) is 22.5. The highest BCUT2D eigenvalue weighted by atomic mass is 35.5. The minimum atomic E-state index is -0.690. The van der Waals surface area contributed by atoms with E-state index in [4.69, 9.17) is 17.3 Å². The largest absolute Gasteiger partial charge is 0.350 e. The molecule has 10 heteroatoms. The third kappa shape index (κ3) is 4.95. The first-order valence-electron chi connectivity index (χ1n) is 10.4. The number of hydrogen-bond donors (Lipinski definition) is 2. The van der Waals surface area contributed by atoms with Gasteiger partial charge in [0, 0.05) is 18.1 Å². The summed E-state index contributed by atoms with van der Waals surface area (Å²) in [4.78, 5) is 27.5. The highest BCUT2D eigenvalue weighted by Gasteiger charge is 2.36. The van der Waals surface area contributed by atoms with Gasteiger partial charge in [-0.1, -0.05) is 41.9 Å². The van der Waals surface area contributed by atoms with Crippen LogP contribution in [0.5, 0.6) is 0 Å². The van der Waals surface area contributed by atoms with Crippen LogP contribution in [0.2, 0.25) is 5.02 Å². The van der Waals surface area contributed by atoms with Gasteiger partial charge < -0.3 is 16.0 Å². The molecule has 0 spiro atoms. The van der Waals surface area contributed by atoms with E-state index in [2.05, 4.69) is 20.8 Å². The van der Waals surface area contributed by atoms with Crippen LogP contribution in [0.3, 0.4) is 0 Å². The van der Waals surface area contributed by atoms with E-state index in [-0.39, 0.29) is 18.4 Å². The van der Waals surface area contributed by atoms with Gasteiger partial charge in [0.1, 0.15) is 12.4 Å². The van der Waals surface area contributed by atoms with E-state index < -0.39 is 12.1 Å². The maximum atomic E-state index is 13.0. The van der Waals surface area contributed by atoms with Gasteiger partial charge in [-0.2, -0.15) is 0 Å². The third-order valence-electron chi connectivity index (χ3n) is 5.54. The van der Waals surface area contributed by atoms with Crippen molar-refractivity contribution in [3.63, 3.8) is 0 Å². The fraction of sp³-hybridized carbons (Fsp3) is 0.318. The Kier molecular flexibility index (Phi) is 6.77. The normalized spacial score (nSPS) is 16.7. The molecule has 4 rings (SSSR count). The summed E-state index contributed by atoms with van der Waals surface area (Å²) in [6, 6.07) is 13.7. The molecule has 3 aromatic rings. The lowest BCUT2D eigenvalue weighted by Crippen LogP contribution is -2.51. The topological polar surface area (TPSA) is 119 Å². The molecule has 1 aliphatic rings. The molecular formula is C22H24ClN7O2. The molecule has 0 aliphatic carbocycles. The number of nitrogens with zero attached hydrogens (tertiary/aromatic N) is 5. The van der Waals surface area contributed by atoms with Crippen LogP contribution >= 0.6 is 11.6 Å². The smallest absolute Gasteiger partial charge is 0.243 e. The predicted molar refractivity (Wildman–Crippen MR) is 119 cm³/mol. The van der Waals surface area contributed by atoms with Crippen molar-refractivity contribution in [3.05, 3.63) is 71.0 Å². The van der Waals surface area contributed by atoms with Crippen molar-refractivity contribution in [2.45, 2.75) is 37.9 Å². The number of nitrogens with two attached hydrogens (primary N) is 1. The maximum Gasteiger partial charge on any atom is 0.243 e. The number of carbonyl (C=O) groups is 2. The zero-order valence-electron chi connectivity index (χ0n) is 17.4. The summed E-state index contributed by atoms with van der Waals surface area (Å²) in [5.41, 5.74) is 8.65. The van der Waals surface area contributed by atoms with Crippen LogP contribution in [0.1, 0.15) is 24.0 Å². The predicted octanol–water partition coefficient (Wildman–Crippen LogP) is 1.49. The average molecular weight is 454 g/mol. The van der Waals surface area contributed by atoms with Gasteiger partial charge in [-0.3, -0.25) is 9.59 Å². The molecule has 32 heavy (non-hydrogen) atoms. The van der Waals surface area contributed by atoms with Gasteiger partial charge in [0.15, 0.2) is 0 Å². The lowest BCUT2D eigenvalue weighted by Gasteiger charge is -2.27. The number of carbonyl (C=O) groups excluding carboxylic acids is 2. The number of aromatic nitrogens is 4. The fourth-order valence-corrected chi connectivity index (χ4v) is 4.16. The molecular weight excluding hydrogens is 430 g/mol. The van der Waals surface area contributed by atoms with Gasteiger partial charge in [-0.05, 0) is 59.0 Å². The van der Waals surface area contributed by atoms with E-state index in [1.165, 1.54) is 11.0 Å². The van der Waals surface area contributed by atoms with Gasteiger partial charge in [0.2, 0.25) is 11.8 Å². The molecule has 1 aromatic heterocycles. The third-order valence-corrected chi connectivity index (χ3v) is 5.78. The summed E-state index contributed by atoms with van der Waals surface area (Å²) in [5, 5.41) is 14.7. The Morgan fingerprint density at radius 1 is 1.22 bits per heavy atom. The molecule has 166 valence electrons. The van der Waals surface area contributed by atoms with Gasteiger partial charge in [0.05, 0.1) is 11.7 Å². The second kappa shape index (κ2) is 9.88. The minimum absolute atomic E-state index is 0.205. The van der Waals surface area contributed by atoms with Crippen LogP contribution in [-0.4, -0.2) is 55.5 Å². The first-order valence-corrected chi connectivity index (χ1v) is 10.8. The van der Waals surface area contributed by atoms with Crippen molar-refractivity contribution in [1.29, 1.82) is 0 Å².